The molecule has 0 amide bonds. The van der Waals surface area contributed by atoms with Crippen LogP contribution in [-0.2, 0) is 14.3 Å². The van der Waals surface area contributed by atoms with Crippen molar-refractivity contribution in [2.24, 2.45) is 11.3 Å². The molecule has 3 rings (SSSR count). The summed E-state index contributed by atoms with van der Waals surface area (Å²) in [6.07, 6.45) is 9.24. The van der Waals surface area contributed by atoms with Crippen LogP contribution in [0.3, 0.4) is 0 Å². The van der Waals surface area contributed by atoms with Gasteiger partial charge in [-0.15, -0.1) is 0 Å². The van der Waals surface area contributed by atoms with E-state index in [1.807, 2.05) is 19.1 Å². The molecule has 1 unspecified atom stereocenters. The van der Waals surface area contributed by atoms with Crippen LogP contribution in [0, 0.1) is 18.3 Å². The highest BCUT2D eigenvalue weighted by Gasteiger charge is 2.51. The number of allylic oxidation sites excluding steroid dienone is 4. The van der Waals surface area contributed by atoms with Gasteiger partial charge in [-0.05, 0) is 31.4 Å². The molecule has 0 radical (unpaired) electrons. The molecule has 0 N–H and O–H groups in total. The van der Waals surface area contributed by atoms with E-state index in [2.05, 4.69) is 12.2 Å². The molecule has 1 saturated carbocycles. The Balaban J connectivity index is 1.65. The van der Waals surface area contributed by atoms with Crippen LogP contribution in [-0.4, -0.2) is 15.0 Å². The second-order valence-corrected chi connectivity index (χ2v) is 6.90. The Kier molecular flexibility index (Phi) is 2.87. The van der Waals surface area contributed by atoms with E-state index in [0.717, 1.165) is 12.0 Å². The van der Waals surface area contributed by atoms with E-state index in [0.29, 0.717) is 0 Å². The van der Waals surface area contributed by atoms with Crippen LogP contribution >= 0.6 is 0 Å². The highest BCUT2D eigenvalue weighted by molar-refractivity contribution is 7.86. The van der Waals surface area contributed by atoms with Crippen LogP contribution in [0.25, 0.3) is 0 Å². The number of benzene rings is 1. The van der Waals surface area contributed by atoms with Crippen molar-refractivity contribution in [1.82, 2.24) is 0 Å². The van der Waals surface area contributed by atoms with Gasteiger partial charge in [0.2, 0.25) is 0 Å². The Bertz CT molecular complexity index is 626. The lowest BCUT2D eigenvalue weighted by Crippen LogP contribution is -2.10. The van der Waals surface area contributed by atoms with Crippen molar-refractivity contribution in [2.75, 3.05) is 6.61 Å². The smallest absolute Gasteiger partial charge is 0.266 e. The van der Waals surface area contributed by atoms with E-state index in [1.165, 1.54) is 0 Å². The summed E-state index contributed by atoms with van der Waals surface area (Å²) in [4.78, 5) is 0.227. The normalized spacial score (nSPS) is 23.1. The molecule has 0 heterocycles. The molecule has 0 aliphatic heterocycles. The third kappa shape index (κ3) is 2.38. The van der Waals surface area contributed by atoms with Crippen molar-refractivity contribution < 1.29 is 12.6 Å². The lowest BCUT2D eigenvalue weighted by molar-refractivity contribution is 0.292. The highest BCUT2D eigenvalue weighted by Crippen LogP contribution is 2.57. The molecule has 0 bridgehead atoms. The van der Waals surface area contributed by atoms with Crippen molar-refractivity contribution in [3.8, 4) is 0 Å². The molecular formula is C15H16O3S. The van der Waals surface area contributed by atoms with E-state index in [4.69, 9.17) is 4.18 Å². The van der Waals surface area contributed by atoms with Crippen molar-refractivity contribution >= 4 is 10.1 Å². The first-order chi connectivity index (χ1) is 9.02. The first-order valence-corrected chi connectivity index (χ1v) is 7.76. The summed E-state index contributed by atoms with van der Waals surface area (Å²) in [5, 5.41) is 0. The van der Waals surface area contributed by atoms with Gasteiger partial charge < -0.3 is 0 Å². The fraction of sp³-hybridized carbons (Fsp3) is 0.333. The maximum atomic E-state index is 12.0. The third-order valence-corrected chi connectivity index (χ3v) is 5.15. The van der Waals surface area contributed by atoms with Gasteiger partial charge >= 0.3 is 0 Å². The van der Waals surface area contributed by atoms with Gasteiger partial charge in [-0.2, -0.15) is 8.42 Å². The lowest BCUT2D eigenvalue weighted by atomic mass is 10.1. The van der Waals surface area contributed by atoms with Gasteiger partial charge in [0.15, 0.2) is 0 Å². The van der Waals surface area contributed by atoms with E-state index in [-0.39, 0.29) is 22.8 Å². The number of hydrogen-bond acceptors (Lipinski definition) is 3. The van der Waals surface area contributed by atoms with Crippen LogP contribution in [0.4, 0.5) is 0 Å². The Morgan fingerprint density at radius 1 is 1.21 bits per heavy atom. The van der Waals surface area contributed by atoms with Gasteiger partial charge in [-0.25, -0.2) is 0 Å². The predicted octanol–water partition coefficient (Wildman–Crippen LogP) is 2.83. The van der Waals surface area contributed by atoms with Gasteiger partial charge in [0, 0.05) is 5.41 Å². The van der Waals surface area contributed by atoms with Gasteiger partial charge in [-0.3, -0.25) is 4.18 Å². The summed E-state index contributed by atoms with van der Waals surface area (Å²) in [7, 11) is -3.63. The monoisotopic (exact) mass is 276 g/mol. The predicted molar refractivity (Wildman–Crippen MR) is 73.1 cm³/mol. The molecule has 1 spiro atoms. The minimum absolute atomic E-state index is 0.0722. The molecular weight excluding hydrogens is 260 g/mol. The number of aryl methyl sites for hydroxylation is 1. The van der Waals surface area contributed by atoms with E-state index < -0.39 is 10.1 Å². The molecule has 2 aliphatic carbocycles. The topological polar surface area (TPSA) is 43.4 Å². The first kappa shape index (κ1) is 12.6. The SMILES string of the molecule is Cc1ccc(S(=O)(=O)OCC2CC23C=CC=C3)cc1. The molecule has 4 heteroatoms. The fourth-order valence-electron chi connectivity index (χ4n) is 2.46. The van der Waals surface area contributed by atoms with Gasteiger partial charge in [0.25, 0.3) is 10.1 Å². The molecule has 3 nitrogen and oxygen atoms in total. The van der Waals surface area contributed by atoms with Crippen LogP contribution < -0.4 is 0 Å². The van der Waals surface area contributed by atoms with Gasteiger partial charge in [-0.1, -0.05) is 42.0 Å². The number of rotatable bonds is 4. The minimum atomic E-state index is -3.63. The summed E-state index contributed by atoms with van der Waals surface area (Å²) in [6, 6.07) is 6.72. The quantitative estimate of drug-likeness (QED) is 0.794. The van der Waals surface area contributed by atoms with Crippen LogP contribution in [0.5, 0.6) is 0 Å². The Morgan fingerprint density at radius 2 is 1.84 bits per heavy atom. The molecule has 1 atom stereocenters. The van der Waals surface area contributed by atoms with Crippen molar-refractivity contribution in [3.63, 3.8) is 0 Å². The van der Waals surface area contributed by atoms with Gasteiger partial charge in [0.05, 0.1) is 11.5 Å². The Morgan fingerprint density at radius 3 is 2.47 bits per heavy atom. The zero-order valence-electron chi connectivity index (χ0n) is 10.7. The highest BCUT2D eigenvalue weighted by atomic mass is 32.2. The molecule has 100 valence electrons. The van der Waals surface area contributed by atoms with Crippen molar-refractivity contribution in [1.29, 1.82) is 0 Å². The second kappa shape index (κ2) is 4.32. The summed E-state index contributed by atoms with van der Waals surface area (Å²) in [5.41, 5.74) is 1.10. The Hall–Kier alpha value is -1.39. The number of hydrogen-bond donors (Lipinski definition) is 0. The molecule has 0 aromatic heterocycles. The largest absolute Gasteiger partial charge is 0.296 e. The molecule has 19 heavy (non-hydrogen) atoms. The van der Waals surface area contributed by atoms with Crippen molar-refractivity contribution in [2.45, 2.75) is 18.2 Å². The maximum absolute atomic E-state index is 12.0. The summed E-state index contributed by atoms with van der Waals surface area (Å²) in [5.74, 6) is 0.280. The molecule has 2 aliphatic rings. The van der Waals surface area contributed by atoms with Gasteiger partial charge in [0.1, 0.15) is 0 Å². The average Bonchev–Trinajstić information content (AvgIpc) is 2.82. The summed E-state index contributed by atoms with van der Waals surface area (Å²) < 4.78 is 29.2. The van der Waals surface area contributed by atoms with Crippen molar-refractivity contribution in [3.05, 3.63) is 54.1 Å². The fourth-order valence-corrected chi connectivity index (χ4v) is 3.41. The third-order valence-electron chi connectivity index (χ3n) is 3.86. The average molecular weight is 276 g/mol. The Labute approximate surface area is 113 Å². The molecule has 0 saturated heterocycles. The van der Waals surface area contributed by atoms with Crippen LogP contribution in [0.2, 0.25) is 0 Å². The summed E-state index contributed by atoms with van der Waals surface area (Å²) in [6.45, 7) is 2.18. The minimum Gasteiger partial charge on any atom is -0.266 e. The maximum Gasteiger partial charge on any atom is 0.296 e. The molecule has 1 aromatic rings. The second-order valence-electron chi connectivity index (χ2n) is 5.28. The molecule has 1 aromatic carbocycles. The van der Waals surface area contributed by atoms with E-state index in [9.17, 15) is 8.42 Å². The summed E-state index contributed by atoms with van der Waals surface area (Å²) >= 11 is 0. The van der Waals surface area contributed by atoms with E-state index in [1.54, 1.807) is 24.3 Å². The first-order valence-electron chi connectivity index (χ1n) is 6.35. The standard InChI is InChI=1S/C15H16O3S/c1-12-4-6-14(7-5-12)19(16,17)18-11-13-10-15(13)8-2-3-9-15/h2-9,13H,10-11H2,1H3. The van der Waals surface area contributed by atoms with Crippen LogP contribution in [0.15, 0.2) is 53.5 Å². The zero-order valence-corrected chi connectivity index (χ0v) is 11.6. The lowest BCUT2D eigenvalue weighted by Gasteiger charge is -2.07. The zero-order chi connectivity index (χ0) is 13.5. The van der Waals surface area contributed by atoms with Crippen LogP contribution in [0.1, 0.15) is 12.0 Å². The van der Waals surface area contributed by atoms with E-state index >= 15 is 0 Å². The molecule has 1 fully saturated rings.